The highest BCUT2D eigenvalue weighted by atomic mass is 32.2. The average molecular weight is 391 g/mol. The molecule has 2 heterocycles. The van der Waals surface area contributed by atoms with Gasteiger partial charge in [0.05, 0.1) is 0 Å². The van der Waals surface area contributed by atoms with Crippen molar-refractivity contribution in [3.63, 3.8) is 0 Å². The van der Waals surface area contributed by atoms with Gasteiger partial charge in [0.15, 0.2) is 5.76 Å². The fourth-order valence-corrected chi connectivity index (χ4v) is 4.44. The molecule has 0 saturated carbocycles. The molecule has 7 heteroatoms. The zero-order valence-electron chi connectivity index (χ0n) is 14.9. The van der Waals surface area contributed by atoms with Gasteiger partial charge in [-0.2, -0.15) is 0 Å². The van der Waals surface area contributed by atoms with Crippen molar-refractivity contribution in [1.82, 2.24) is 10.3 Å². The van der Waals surface area contributed by atoms with E-state index >= 15 is 0 Å². The van der Waals surface area contributed by atoms with Gasteiger partial charge in [-0.05, 0) is 26.3 Å². The zero-order valence-corrected chi connectivity index (χ0v) is 16.5. The second-order valence-electron chi connectivity index (χ2n) is 5.76. The number of carbonyl (C=O) groups is 1. The van der Waals surface area contributed by atoms with Crippen molar-refractivity contribution < 1.29 is 13.9 Å². The molecule has 1 N–H and O–H groups in total. The van der Waals surface area contributed by atoms with Crippen LogP contribution in [0.15, 0.2) is 38.4 Å². The van der Waals surface area contributed by atoms with E-state index in [1.807, 2.05) is 43.5 Å². The normalized spacial score (nSPS) is 11.2. The third-order valence-corrected chi connectivity index (χ3v) is 5.96. The largest absolute Gasteiger partial charge is 0.451 e. The lowest BCUT2D eigenvalue weighted by atomic mass is 10.1. The molecular weight excluding hydrogens is 368 g/mol. The van der Waals surface area contributed by atoms with Crippen molar-refractivity contribution in [1.29, 1.82) is 0 Å². The van der Waals surface area contributed by atoms with Gasteiger partial charge >= 0.3 is 0 Å². The molecular formula is C19H22N2O3S2. The molecule has 0 bridgehead atoms. The van der Waals surface area contributed by atoms with Crippen LogP contribution in [0.1, 0.15) is 35.2 Å². The monoisotopic (exact) mass is 390 g/mol. The van der Waals surface area contributed by atoms with Crippen molar-refractivity contribution in [2.45, 2.75) is 30.4 Å². The maximum atomic E-state index is 12.6. The van der Waals surface area contributed by atoms with E-state index in [1.165, 1.54) is 0 Å². The van der Waals surface area contributed by atoms with E-state index in [2.05, 4.69) is 10.3 Å². The second-order valence-corrected chi connectivity index (χ2v) is 7.84. The smallest absolute Gasteiger partial charge is 0.287 e. The quantitative estimate of drug-likeness (QED) is 0.426. The van der Waals surface area contributed by atoms with E-state index in [0.29, 0.717) is 31.3 Å². The van der Waals surface area contributed by atoms with Gasteiger partial charge in [-0.15, -0.1) is 11.3 Å². The molecule has 2 aromatic heterocycles. The van der Waals surface area contributed by atoms with Crippen molar-refractivity contribution in [2.24, 2.45) is 0 Å². The number of aromatic nitrogens is 1. The van der Waals surface area contributed by atoms with Crippen LogP contribution in [0.2, 0.25) is 0 Å². The van der Waals surface area contributed by atoms with Crippen LogP contribution in [0.3, 0.4) is 0 Å². The van der Waals surface area contributed by atoms with E-state index in [-0.39, 0.29) is 5.91 Å². The number of fused-ring (bicyclic) bond motifs is 1. The first-order valence-corrected chi connectivity index (χ1v) is 10.5. The van der Waals surface area contributed by atoms with Crippen LogP contribution in [0, 0.1) is 6.92 Å². The van der Waals surface area contributed by atoms with Crippen molar-refractivity contribution in [3.8, 4) is 0 Å². The average Bonchev–Trinajstić information content (AvgIpc) is 3.23. The van der Waals surface area contributed by atoms with Gasteiger partial charge in [0.1, 0.15) is 9.92 Å². The van der Waals surface area contributed by atoms with Gasteiger partial charge in [0.25, 0.3) is 5.91 Å². The molecule has 26 heavy (non-hydrogen) atoms. The number of rotatable bonds is 9. The number of ether oxygens (including phenoxy) is 1. The Hall–Kier alpha value is -1.83. The van der Waals surface area contributed by atoms with E-state index in [1.54, 1.807) is 23.1 Å². The molecule has 3 aromatic rings. The Morgan fingerprint density at radius 3 is 3.00 bits per heavy atom. The molecule has 0 aliphatic rings. The summed E-state index contributed by atoms with van der Waals surface area (Å²) < 4.78 is 12.2. The lowest BCUT2D eigenvalue weighted by Crippen LogP contribution is -2.25. The number of thioether (sulfide) groups is 1. The Bertz CT molecular complexity index is 873. The number of nitrogens with zero attached hydrogens (tertiary/aromatic N) is 1. The SMILES string of the molecule is CCOCCCNC(=O)c1oc2ccccc2c1CSc1nc(C)cs1. The number of benzene rings is 1. The molecule has 1 aromatic carbocycles. The molecule has 0 unspecified atom stereocenters. The van der Waals surface area contributed by atoms with Gasteiger partial charge < -0.3 is 14.5 Å². The Morgan fingerprint density at radius 2 is 2.23 bits per heavy atom. The molecule has 0 saturated heterocycles. The van der Waals surface area contributed by atoms with Gasteiger partial charge in [0.2, 0.25) is 0 Å². The summed E-state index contributed by atoms with van der Waals surface area (Å²) in [4.78, 5) is 17.1. The first kappa shape index (κ1) is 18.9. The predicted molar refractivity (Wildman–Crippen MR) is 106 cm³/mol. The summed E-state index contributed by atoms with van der Waals surface area (Å²) in [6.45, 7) is 5.84. The number of hydrogen-bond donors (Lipinski definition) is 1. The summed E-state index contributed by atoms with van der Waals surface area (Å²) in [5, 5.41) is 5.94. The Balaban J connectivity index is 1.74. The molecule has 3 rings (SSSR count). The lowest BCUT2D eigenvalue weighted by molar-refractivity contribution is 0.0918. The minimum absolute atomic E-state index is 0.177. The molecule has 138 valence electrons. The standard InChI is InChI=1S/C19H22N2O3S2/c1-3-23-10-6-9-20-18(22)17-15(12-26-19-21-13(2)11-25-19)14-7-4-5-8-16(14)24-17/h4-5,7-8,11H,3,6,9-10,12H2,1-2H3,(H,20,22). The van der Waals surface area contributed by atoms with Gasteiger partial charge in [-0.25, -0.2) is 4.98 Å². The van der Waals surface area contributed by atoms with Crippen LogP contribution in [0.4, 0.5) is 0 Å². The molecule has 1 amide bonds. The van der Waals surface area contributed by atoms with Gasteiger partial charge in [-0.1, -0.05) is 30.0 Å². The lowest BCUT2D eigenvalue weighted by Gasteiger charge is -2.05. The van der Waals surface area contributed by atoms with Gasteiger partial charge in [-0.3, -0.25) is 4.79 Å². The van der Waals surface area contributed by atoms with Crippen LogP contribution >= 0.6 is 23.1 Å². The molecule has 5 nitrogen and oxygen atoms in total. The first-order valence-electron chi connectivity index (χ1n) is 8.60. The first-order chi connectivity index (χ1) is 12.7. The van der Waals surface area contributed by atoms with Crippen molar-refractivity contribution >= 4 is 40.0 Å². The van der Waals surface area contributed by atoms with Crippen LogP contribution in [-0.2, 0) is 10.5 Å². The maximum absolute atomic E-state index is 12.6. The molecule has 0 spiro atoms. The molecule has 0 aliphatic carbocycles. The fourth-order valence-electron chi connectivity index (χ4n) is 2.56. The number of carbonyl (C=O) groups excluding carboxylic acids is 1. The van der Waals surface area contributed by atoms with Crippen LogP contribution in [-0.4, -0.2) is 30.6 Å². The summed E-state index contributed by atoms with van der Waals surface area (Å²) >= 11 is 3.25. The highest BCUT2D eigenvalue weighted by Crippen LogP contribution is 2.33. The number of para-hydroxylation sites is 1. The highest BCUT2D eigenvalue weighted by molar-refractivity contribution is 8.00. The molecule has 0 aliphatic heterocycles. The van der Waals surface area contributed by atoms with E-state index in [0.717, 1.165) is 33.0 Å². The summed E-state index contributed by atoms with van der Waals surface area (Å²) in [7, 11) is 0. The van der Waals surface area contributed by atoms with Crippen LogP contribution < -0.4 is 5.32 Å². The third kappa shape index (κ3) is 4.66. The number of furan rings is 1. The van der Waals surface area contributed by atoms with E-state index in [9.17, 15) is 4.79 Å². The molecule has 0 fully saturated rings. The minimum Gasteiger partial charge on any atom is -0.451 e. The van der Waals surface area contributed by atoms with Crippen LogP contribution in [0.5, 0.6) is 0 Å². The number of amides is 1. The van der Waals surface area contributed by atoms with Crippen LogP contribution in [0.25, 0.3) is 11.0 Å². The summed E-state index contributed by atoms with van der Waals surface area (Å²) in [5.74, 6) is 0.859. The number of nitrogens with one attached hydrogen (secondary N) is 1. The van der Waals surface area contributed by atoms with Crippen molar-refractivity contribution in [2.75, 3.05) is 19.8 Å². The summed E-state index contributed by atoms with van der Waals surface area (Å²) in [6, 6.07) is 7.76. The molecule has 0 radical (unpaired) electrons. The summed E-state index contributed by atoms with van der Waals surface area (Å²) in [6.07, 6.45) is 0.780. The predicted octanol–water partition coefficient (Wildman–Crippen LogP) is 4.65. The zero-order chi connectivity index (χ0) is 18.4. The topological polar surface area (TPSA) is 64.4 Å². The second kappa shape index (κ2) is 9.21. The van der Waals surface area contributed by atoms with E-state index in [4.69, 9.17) is 9.15 Å². The van der Waals surface area contributed by atoms with Gasteiger partial charge in [0, 0.05) is 47.5 Å². The fraction of sp³-hybridized carbons (Fsp3) is 0.368. The number of hydrogen-bond acceptors (Lipinski definition) is 6. The third-order valence-electron chi connectivity index (χ3n) is 3.80. The summed E-state index contributed by atoms with van der Waals surface area (Å²) in [5.41, 5.74) is 2.67. The Labute approximate surface area is 161 Å². The number of aryl methyl sites for hydroxylation is 1. The minimum atomic E-state index is -0.177. The number of thiazole rings is 1. The van der Waals surface area contributed by atoms with Crippen molar-refractivity contribution in [3.05, 3.63) is 46.7 Å². The van der Waals surface area contributed by atoms with E-state index < -0.39 is 0 Å². The highest BCUT2D eigenvalue weighted by Gasteiger charge is 2.20. The Morgan fingerprint density at radius 1 is 1.38 bits per heavy atom. The Kier molecular flexibility index (Phi) is 6.71. The molecule has 0 atom stereocenters. The maximum Gasteiger partial charge on any atom is 0.287 e.